The molecule has 0 aliphatic heterocycles. The number of imidazole rings is 1. The minimum Gasteiger partial charge on any atom is -0.369 e. The van der Waals surface area contributed by atoms with E-state index in [1.165, 1.54) is 5.56 Å². The van der Waals surface area contributed by atoms with E-state index in [1.807, 2.05) is 30.8 Å². The molecule has 0 aliphatic rings. The summed E-state index contributed by atoms with van der Waals surface area (Å²) in [5.41, 5.74) is 9.15. The summed E-state index contributed by atoms with van der Waals surface area (Å²) in [5.74, 6) is 0.599. The number of nitrogens with zero attached hydrogens (tertiary/aromatic N) is 3. The van der Waals surface area contributed by atoms with Gasteiger partial charge in [0.05, 0.1) is 11.9 Å². The molecule has 0 spiro atoms. The fourth-order valence-electron chi connectivity index (χ4n) is 1.81. The van der Waals surface area contributed by atoms with Crippen molar-refractivity contribution in [1.29, 1.82) is 0 Å². The molecular formula is C11H17N5. The van der Waals surface area contributed by atoms with Crippen LogP contribution in [0.25, 0.3) is 0 Å². The number of H-pyrrole nitrogens is 1. The molecule has 0 aliphatic carbocycles. The van der Waals surface area contributed by atoms with Crippen LogP contribution >= 0.6 is 0 Å². The highest BCUT2D eigenvalue weighted by molar-refractivity contribution is 5.21. The summed E-state index contributed by atoms with van der Waals surface area (Å²) in [6, 6.07) is 0. The van der Waals surface area contributed by atoms with Gasteiger partial charge in [-0.2, -0.15) is 5.10 Å². The van der Waals surface area contributed by atoms with E-state index >= 15 is 0 Å². The molecule has 0 saturated heterocycles. The summed E-state index contributed by atoms with van der Waals surface area (Å²) in [5, 5.41) is 6.94. The van der Waals surface area contributed by atoms with Gasteiger partial charge in [-0.15, -0.1) is 0 Å². The minimum absolute atomic E-state index is 0.599. The lowest BCUT2D eigenvalue weighted by atomic mass is 10.1. The van der Waals surface area contributed by atoms with E-state index in [2.05, 4.69) is 15.2 Å². The van der Waals surface area contributed by atoms with E-state index in [4.69, 9.17) is 5.73 Å². The number of hydrogen-bond acceptors (Lipinski definition) is 3. The standard InChI is InChI=1S/C11H17N5/c1-8-7-16(11(12)14-8)5-3-4-10-6-13-15-9(10)2/h6-7H,3-5H2,1-2H3,(H2,12,14)(H,13,15). The number of anilines is 1. The molecule has 2 aromatic heterocycles. The van der Waals surface area contributed by atoms with Gasteiger partial charge in [0.25, 0.3) is 0 Å². The number of nitrogen functional groups attached to an aromatic ring is 1. The van der Waals surface area contributed by atoms with Crippen molar-refractivity contribution in [3.05, 3.63) is 29.3 Å². The van der Waals surface area contributed by atoms with Crippen LogP contribution in [0.4, 0.5) is 5.95 Å². The molecule has 0 unspecified atom stereocenters. The molecule has 2 aromatic rings. The third-order valence-electron chi connectivity index (χ3n) is 2.71. The second-order valence-electron chi connectivity index (χ2n) is 4.06. The Morgan fingerprint density at radius 3 is 2.81 bits per heavy atom. The van der Waals surface area contributed by atoms with Crippen LogP contribution in [0, 0.1) is 13.8 Å². The fraction of sp³-hybridized carbons (Fsp3) is 0.455. The topological polar surface area (TPSA) is 72.5 Å². The van der Waals surface area contributed by atoms with Crippen LogP contribution < -0.4 is 5.73 Å². The first-order valence-electron chi connectivity index (χ1n) is 5.45. The first-order chi connectivity index (χ1) is 7.66. The second kappa shape index (κ2) is 4.38. The van der Waals surface area contributed by atoms with Crippen LogP contribution in [-0.4, -0.2) is 19.7 Å². The van der Waals surface area contributed by atoms with Crippen molar-refractivity contribution in [3.63, 3.8) is 0 Å². The highest BCUT2D eigenvalue weighted by atomic mass is 15.1. The molecule has 0 atom stereocenters. The lowest BCUT2D eigenvalue weighted by molar-refractivity contribution is 0.648. The van der Waals surface area contributed by atoms with Crippen LogP contribution in [0.5, 0.6) is 0 Å². The Labute approximate surface area is 94.7 Å². The lowest BCUT2D eigenvalue weighted by Gasteiger charge is -2.03. The summed E-state index contributed by atoms with van der Waals surface area (Å²) in [6.07, 6.45) is 5.93. The van der Waals surface area contributed by atoms with E-state index in [0.29, 0.717) is 5.95 Å². The molecule has 0 fully saturated rings. The van der Waals surface area contributed by atoms with Gasteiger partial charge >= 0.3 is 0 Å². The van der Waals surface area contributed by atoms with Crippen molar-refractivity contribution in [1.82, 2.24) is 19.7 Å². The number of aromatic amines is 1. The van der Waals surface area contributed by atoms with Gasteiger partial charge in [-0.05, 0) is 32.3 Å². The minimum atomic E-state index is 0.599. The molecule has 0 amide bonds. The molecule has 2 heterocycles. The number of aromatic nitrogens is 4. The van der Waals surface area contributed by atoms with E-state index in [0.717, 1.165) is 30.8 Å². The van der Waals surface area contributed by atoms with Crippen LogP contribution in [0.2, 0.25) is 0 Å². The zero-order valence-electron chi connectivity index (χ0n) is 9.70. The highest BCUT2D eigenvalue weighted by Gasteiger charge is 2.03. The van der Waals surface area contributed by atoms with Gasteiger partial charge < -0.3 is 10.3 Å². The first-order valence-corrected chi connectivity index (χ1v) is 5.45. The van der Waals surface area contributed by atoms with E-state index < -0.39 is 0 Å². The monoisotopic (exact) mass is 219 g/mol. The van der Waals surface area contributed by atoms with Gasteiger partial charge in [-0.3, -0.25) is 5.10 Å². The van der Waals surface area contributed by atoms with Crippen molar-refractivity contribution in [2.75, 3.05) is 5.73 Å². The molecule has 0 aromatic carbocycles. The molecule has 3 N–H and O–H groups in total. The smallest absolute Gasteiger partial charge is 0.200 e. The van der Waals surface area contributed by atoms with Crippen molar-refractivity contribution in [2.24, 2.45) is 0 Å². The van der Waals surface area contributed by atoms with Gasteiger partial charge in [0.1, 0.15) is 0 Å². The second-order valence-corrected chi connectivity index (χ2v) is 4.06. The molecule has 0 saturated carbocycles. The van der Waals surface area contributed by atoms with Crippen LogP contribution in [0.3, 0.4) is 0 Å². The lowest BCUT2D eigenvalue weighted by Crippen LogP contribution is -2.03. The summed E-state index contributed by atoms with van der Waals surface area (Å²) < 4.78 is 1.99. The predicted octanol–water partition coefficient (Wildman–Crippen LogP) is 1.44. The molecular weight excluding hydrogens is 202 g/mol. The molecule has 86 valence electrons. The molecule has 2 rings (SSSR count). The number of aryl methyl sites for hydroxylation is 4. The van der Waals surface area contributed by atoms with E-state index in [1.54, 1.807) is 0 Å². The average Bonchev–Trinajstić information content (AvgIpc) is 2.75. The van der Waals surface area contributed by atoms with Crippen molar-refractivity contribution < 1.29 is 0 Å². The molecule has 16 heavy (non-hydrogen) atoms. The summed E-state index contributed by atoms with van der Waals surface area (Å²) in [6.45, 7) is 4.89. The molecule has 5 nitrogen and oxygen atoms in total. The van der Waals surface area contributed by atoms with E-state index in [9.17, 15) is 0 Å². The molecule has 5 heteroatoms. The zero-order valence-corrected chi connectivity index (χ0v) is 9.70. The van der Waals surface area contributed by atoms with Gasteiger partial charge in [0, 0.05) is 18.4 Å². The van der Waals surface area contributed by atoms with Crippen molar-refractivity contribution >= 4 is 5.95 Å². The maximum Gasteiger partial charge on any atom is 0.200 e. The van der Waals surface area contributed by atoms with Crippen molar-refractivity contribution in [2.45, 2.75) is 33.2 Å². The third kappa shape index (κ3) is 2.24. The predicted molar refractivity (Wildman–Crippen MR) is 63.0 cm³/mol. The average molecular weight is 219 g/mol. The van der Waals surface area contributed by atoms with Crippen LogP contribution in [-0.2, 0) is 13.0 Å². The summed E-state index contributed by atoms with van der Waals surface area (Å²) >= 11 is 0. The molecule has 0 bridgehead atoms. The normalized spacial score (nSPS) is 10.9. The maximum absolute atomic E-state index is 5.76. The summed E-state index contributed by atoms with van der Waals surface area (Å²) in [4.78, 5) is 4.17. The Hall–Kier alpha value is -1.78. The maximum atomic E-state index is 5.76. The fourth-order valence-corrected chi connectivity index (χ4v) is 1.81. The van der Waals surface area contributed by atoms with Gasteiger partial charge in [-0.25, -0.2) is 4.98 Å². The van der Waals surface area contributed by atoms with E-state index in [-0.39, 0.29) is 0 Å². The molecule has 0 radical (unpaired) electrons. The number of nitrogens with one attached hydrogen (secondary N) is 1. The summed E-state index contributed by atoms with van der Waals surface area (Å²) in [7, 11) is 0. The number of rotatable bonds is 4. The Bertz CT molecular complexity index is 468. The van der Waals surface area contributed by atoms with Crippen LogP contribution in [0.1, 0.15) is 23.4 Å². The SMILES string of the molecule is Cc1cn(CCCc2cn[nH]c2C)c(N)n1. The first kappa shape index (κ1) is 10.7. The number of nitrogens with two attached hydrogens (primary N) is 1. The zero-order chi connectivity index (χ0) is 11.5. The third-order valence-corrected chi connectivity index (χ3v) is 2.71. The Morgan fingerprint density at radius 1 is 1.44 bits per heavy atom. The van der Waals surface area contributed by atoms with Gasteiger partial charge in [-0.1, -0.05) is 0 Å². The van der Waals surface area contributed by atoms with Gasteiger partial charge in [0.2, 0.25) is 0 Å². The highest BCUT2D eigenvalue weighted by Crippen LogP contribution is 2.09. The quantitative estimate of drug-likeness (QED) is 0.817. The van der Waals surface area contributed by atoms with Gasteiger partial charge in [0.15, 0.2) is 5.95 Å². The number of hydrogen-bond donors (Lipinski definition) is 2. The Morgan fingerprint density at radius 2 is 2.25 bits per heavy atom. The van der Waals surface area contributed by atoms with Crippen LogP contribution in [0.15, 0.2) is 12.4 Å². The van der Waals surface area contributed by atoms with Crippen molar-refractivity contribution in [3.8, 4) is 0 Å². The largest absolute Gasteiger partial charge is 0.369 e. The Balaban J connectivity index is 1.89. The Kier molecular flexibility index (Phi) is 2.94.